The highest BCUT2D eigenvalue weighted by Crippen LogP contribution is 2.16. The molecule has 29 heavy (non-hydrogen) atoms. The Morgan fingerprint density at radius 1 is 1.03 bits per heavy atom. The fourth-order valence-electron chi connectivity index (χ4n) is 3.44. The third kappa shape index (κ3) is 7.16. The summed E-state index contributed by atoms with van der Waals surface area (Å²) in [7, 11) is 0. The fraction of sp³-hybridized carbons (Fsp3) is 0.435. The number of benzene rings is 2. The standard InChI is InChI=1S/C23H31N3O3/c1-19-7-5-6-10-22(19)29-18-21(27)16-25-11-13-26(14-12-25)17-23(28)24-15-20-8-3-2-4-9-20/h2-10,21,27H,11-18H2,1H3,(H,24,28). The third-order valence-corrected chi connectivity index (χ3v) is 5.16. The van der Waals surface area contributed by atoms with Gasteiger partial charge in [-0.3, -0.25) is 14.6 Å². The van der Waals surface area contributed by atoms with E-state index in [0.29, 0.717) is 19.6 Å². The van der Waals surface area contributed by atoms with Crippen LogP contribution in [0.15, 0.2) is 54.6 Å². The molecule has 1 unspecified atom stereocenters. The molecule has 1 heterocycles. The molecule has 156 valence electrons. The monoisotopic (exact) mass is 397 g/mol. The molecule has 3 rings (SSSR count). The van der Waals surface area contributed by atoms with Crippen LogP contribution in [0, 0.1) is 6.92 Å². The molecule has 0 bridgehead atoms. The Kier molecular flexibility index (Phi) is 8.04. The largest absolute Gasteiger partial charge is 0.491 e. The van der Waals surface area contributed by atoms with Gasteiger partial charge in [0.25, 0.3) is 0 Å². The van der Waals surface area contributed by atoms with Crippen LogP contribution in [0.4, 0.5) is 0 Å². The van der Waals surface area contributed by atoms with Gasteiger partial charge in [-0.1, -0.05) is 48.5 Å². The summed E-state index contributed by atoms with van der Waals surface area (Å²) in [5.74, 6) is 0.867. The first-order chi connectivity index (χ1) is 14.1. The van der Waals surface area contributed by atoms with Gasteiger partial charge in [-0.2, -0.15) is 0 Å². The van der Waals surface area contributed by atoms with Crippen molar-refractivity contribution in [1.29, 1.82) is 0 Å². The number of aliphatic hydroxyl groups excluding tert-OH is 1. The summed E-state index contributed by atoms with van der Waals surface area (Å²) < 4.78 is 5.74. The highest BCUT2D eigenvalue weighted by atomic mass is 16.5. The Morgan fingerprint density at radius 3 is 2.41 bits per heavy atom. The van der Waals surface area contributed by atoms with Gasteiger partial charge in [-0.15, -0.1) is 0 Å². The van der Waals surface area contributed by atoms with Gasteiger partial charge >= 0.3 is 0 Å². The summed E-state index contributed by atoms with van der Waals surface area (Å²) in [6.45, 7) is 7.17. The average Bonchev–Trinajstić information content (AvgIpc) is 2.74. The smallest absolute Gasteiger partial charge is 0.234 e. The van der Waals surface area contributed by atoms with Gasteiger partial charge in [-0.05, 0) is 24.1 Å². The number of para-hydroxylation sites is 1. The number of rotatable bonds is 9. The molecule has 1 fully saturated rings. The number of carbonyl (C=O) groups is 1. The number of piperazine rings is 1. The predicted octanol–water partition coefficient (Wildman–Crippen LogP) is 1.67. The number of nitrogens with one attached hydrogen (secondary N) is 1. The van der Waals surface area contributed by atoms with E-state index in [1.807, 2.05) is 61.5 Å². The van der Waals surface area contributed by atoms with Crippen molar-refractivity contribution in [2.45, 2.75) is 19.6 Å². The van der Waals surface area contributed by atoms with Crippen LogP contribution in [0.3, 0.4) is 0 Å². The number of aliphatic hydroxyl groups is 1. The SMILES string of the molecule is Cc1ccccc1OCC(O)CN1CCN(CC(=O)NCc2ccccc2)CC1. The summed E-state index contributed by atoms with van der Waals surface area (Å²) in [6.07, 6.45) is -0.532. The molecule has 1 saturated heterocycles. The van der Waals surface area contributed by atoms with E-state index in [9.17, 15) is 9.90 Å². The molecular weight excluding hydrogens is 366 g/mol. The lowest BCUT2D eigenvalue weighted by atomic mass is 10.2. The van der Waals surface area contributed by atoms with E-state index in [4.69, 9.17) is 4.74 Å². The van der Waals surface area contributed by atoms with Gasteiger partial charge in [-0.25, -0.2) is 0 Å². The van der Waals surface area contributed by atoms with Crippen LogP contribution in [0.25, 0.3) is 0 Å². The zero-order valence-corrected chi connectivity index (χ0v) is 17.1. The maximum atomic E-state index is 12.2. The Bertz CT molecular complexity index is 761. The Labute approximate surface area is 173 Å². The zero-order valence-electron chi connectivity index (χ0n) is 17.1. The minimum Gasteiger partial charge on any atom is -0.491 e. The quantitative estimate of drug-likeness (QED) is 0.674. The van der Waals surface area contributed by atoms with Crippen molar-refractivity contribution in [3.05, 3.63) is 65.7 Å². The number of nitrogens with zero attached hydrogens (tertiary/aromatic N) is 2. The summed E-state index contributed by atoms with van der Waals surface area (Å²) in [5.41, 5.74) is 2.17. The van der Waals surface area contributed by atoms with Crippen molar-refractivity contribution in [2.75, 3.05) is 45.9 Å². The first-order valence-corrected chi connectivity index (χ1v) is 10.2. The highest BCUT2D eigenvalue weighted by molar-refractivity contribution is 5.78. The normalized spacial score (nSPS) is 16.3. The lowest BCUT2D eigenvalue weighted by molar-refractivity contribution is -0.122. The zero-order chi connectivity index (χ0) is 20.5. The molecule has 1 atom stereocenters. The van der Waals surface area contributed by atoms with Crippen molar-refractivity contribution in [1.82, 2.24) is 15.1 Å². The maximum absolute atomic E-state index is 12.2. The van der Waals surface area contributed by atoms with Crippen molar-refractivity contribution < 1.29 is 14.6 Å². The van der Waals surface area contributed by atoms with Crippen LogP contribution < -0.4 is 10.1 Å². The van der Waals surface area contributed by atoms with Gasteiger partial charge in [0.05, 0.1) is 6.54 Å². The van der Waals surface area contributed by atoms with Gasteiger partial charge in [0, 0.05) is 39.3 Å². The number of carbonyl (C=O) groups excluding carboxylic acids is 1. The van der Waals surface area contributed by atoms with Crippen LogP contribution in [0.2, 0.25) is 0 Å². The van der Waals surface area contributed by atoms with E-state index in [0.717, 1.165) is 43.1 Å². The predicted molar refractivity (Wildman–Crippen MR) is 114 cm³/mol. The Morgan fingerprint density at radius 2 is 1.69 bits per heavy atom. The number of β-amino-alcohol motifs (C(OH)–C–C–N with tert-alkyl or cyclic N) is 1. The van der Waals surface area contributed by atoms with E-state index >= 15 is 0 Å². The van der Waals surface area contributed by atoms with Gasteiger partial charge in [0.15, 0.2) is 0 Å². The van der Waals surface area contributed by atoms with E-state index in [1.165, 1.54) is 0 Å². The third-order valence-electron chi connectivity index (χ3n) is 5.16. The molecular formula is C23H31N3O3. The highest BCUT2D eigenvalue weighted by Gasteiger charge is 2.21. The number of ether oxygens (including phenoxy) is 1. The molecule has 0 saturated carbocycles. The molecule has 2 N–H and O–H groups in total. The summed E-state index contributed by atoms with van der Waals surface area (Å²) in [4.78, 5) is 16.6. The van der Waals surface area contributed by atoms with Crippen LogP contribution in [-0.2, 0) is 11.3 Å². The first-order valence-electron chi connectivity index (χ1n) is 10.2. The van der Waals surface area contributed by atoms with Crippen LogP contribution in [0.1, 0.15) is 11.1 Å². The second-order valence-corrected chi connectivity index (χ2v) is 7.57. The number of amides is 1. The molecule has 1 aliphatic heterocycles. The molecule has 0 aromatic heterocycles. The summed E-state index contributed by atoms with van der Waals surface area (Å²) in [6, 6.07) is 17.8. The topological polar surface area (TPSA) is 65.0 Å². The lowest BCUT2D eigenvalue weighted by Gasteiger charge is -2.35. The van der Waals surface area contributed by atoms with Crippen LogP contribution in [-0.4, -0.2) is 72.8 Å². The lowest BCUT2D eigenvalue weighted by Crippen LogP contribution is -2.51. The van der Waals surface area contributed by atoms with Gasteiger partial charge < -0.3 is 15.2 Å². The molecule has 0 aliphatic carbocycles. The van der Waals surface area contributed by atoms with Crippen molar-refractivity contribution in [3.63, 3.8) is 0 Å². The van der Waals surface area contributed by atoms with Crippen LogP contribution in [0.5, 0.6) is 5.75 Å². The van der Waals surface area contributed by atoms with E-state index in [1.54, 1.807) is 0 Å². The fourth-order valence-corrected chi connectivity index (χ4v) is 3.44. The molecule has 0 spiro atoms. The van der Waals surface area contributed by atoms with Gasteiger partial charge in [0.1, 0.15) is 18.5 Å². The minimum absolute atomic E-state index is 0.0500. The van der Waals surface area contributed by atoms with Crippen molar-refractivity contribution >= 4 is 5.91 Å². The second kappa shape index (κ2) is 11.0. The number of hydrogen-bond acceptors (Lipinski definition) is 5. The Hall–Kier alpha value is -2.41. The van der Waals surface area contributed by atoms with E-state index in [-0.39, 0.29) is 12.5 Å². The van der Waals surface area contributed by atoms with Gasteiger partial charge in [0.2, 0.25) is 5.91 Å². The minimum atomic E-state index is -0.532. The Balaban J connectivity index is 1.31. The number of aryl methyl sites for hydroxylation is 1. The van der Waals surface area contributed by atoms with E-state index in [2.05, 4.69) is 15.1 Å². The molecule has 6 heteroatoms. The first kappa shape index (κ1) is 21.3. The molecule has 6 nitrogen and oxygen atoms in total. The summed E-state index contributed by atoms with van der Waals surface area (Å²) >= 11 is 0. The van der Waals surface area contributed by atoms with Crippen LogP contribution >= 0.6 is 0 Å². The molecule has 2 aromatic carbocycles. The maximum Gasteiger partial charge on any atom is 0.234 e. The molecule has 0 radical (unpaired) electrons. The average molecular weight is 398 g/mol. The molecule has 1 aliphatic rings. The van der Waals surface area contributed by atoms with Crippen molar-refractivity contribution in [3.8, 4) is 5.75 Å². The molecule has 2 aromatic rings. The molecule has 1 amide bonds. The number of hydrogen-bond donors (Lipinski definition) is 2. The summed E-state index contributed by atoms with van der Waals surface area (Å²) in [5, 5.41) is 13.3. The van der Waals surface area contributed by atoms with Crippen molar-refractivity contribution in [2.24, 2.45) is 0 Å². The van der Waals surface area contributed by atoms with E-state index < -0.39 is 6.10 Å². The second-order valence-electron chi connectivity index (χ2n) is 7.57.